The Labute approximate surface area is 225 Å². The highest BCUT2D eigenvalue weighted by atomic mass is 35.5. The number of rotatable bonds is 9. The van der Waals surface area contributed by atoms with Crippen LogP contribution in [0.3, 0.4) is 0 Å². The quantitative estimate of drug-likeness (QED) is 0.365. The number of anilines is 1. The average Bonchev–Trinajstić information content (AvgIpc) is 2.89. The molecule has 0 bridgehead atoms. The monoisotopic (exact) mass is 537 g/mol. The minimum atomic E-state index is -0.626. The van der Waals surface area contributed by atoms with Gasteiger partial charge in [0.15, 0.2) is 5.17 Å². The third kappa shape index (κ3) is 7.27. The number of ether oxygens (including phenoxy) is 2. The Balaban J connectivity index is 1.53. The highest BCUT2D eigenvalue weighted by Gasteiger charge is 2.35. The topological polar surface area (TPSA) is 80.2 Å². The first-order valence-electron chi connectivity index (χ1n) is 11.9. The fraction of sp³-hybridized carbons (Fsp3) is 0.250. The van der Waals surface area contributed by atoms with E-state index < -0.39 is 5.25 Å². The maximum absolute atomic E-state index is 13.3. The van der Waals surface area contributed by atoms with Crippen LogP contribution in [-0.4, -0.2) is 47.4 Å². The zero-order valence-corrected chi connectivity index (χ0v) is 22.2. The number of carbonyl (C=O) groups is 2. The van der Waals surface area contributed by atoms with Crippen LogP contribution in [0.2, 0.25) is 5.02 Å². The third-order valence-electron chi connectivity index (χ3n) is 5.66. The number of carbonyl (C=O) groups excluding carboxylic acids is 2. The Hall–Kier alpha value is -3.49. The van der Waals surface area contributed by atoms with Crippen molar-refractivity contribution in [3.05, 3.63) is 83.4 Å². The number of nitrogens with one attached hydrogen (secondary N) is 1. The number of amides is 2. The number of nitrogens with zero attached hydrogens (tertiary/aromatic N) is 2. The smallest absolute Gasteiger partial charge is 0.238 e. The van der Waals surface area contributed by atoms with Crippen molar-refractivity contribution >= 4 is 51.7 Å². The Kier molecular flexibility index (Phi) is 9.09. The molecule has 9 heteroatoms. The molecule has 1 unspecified atom stereocenters. The molecule has 4 rings (SSSR count). The van der Waals surface area contributed by atoms with Gasteiger partial charge in [0, 0.05) is 29.7 Å². The predicted molar refractivity (Wildman–Crippen MR) is 149 cm³/mol. The molecule has 0 saturated carbocycles. The minimum Gasteiger partial charge on any atom is -0.497 e. The lowest BCUT2D eigenvalue weighted by Gasteiger charge is -2.32. The molecule has 1 aliphatic heterocycles. The molecule has 1 N–H and O–H groups in total. The van der Waals surface area contributed by atoms with E-state index in [0.717, 1.165) is 11.3 Å². The number of amidine groups is 1. The lowest BCUT2D eigenvalue weighted by Crippen LogP contribution is -2.46. The van der Waals surface area contributed by atoms with Gasteiger partial charge in [-0.05, 0) is 61.4 Å². The molecular weight excluding hydrogens is 510 g/mol. The van der Waals surface area contributed by atoms with Gasteiger partial charge in [0.1, 0.15) is 16.7 Å². The lowest BCUT2D eigenvalue weighted by atomic mass is 10.1. The van der Waals surface area contributed by atoms with Crippen molar-refractivity contribution in [3.8, 4) is 11.5 Å². The van der Waals surface area contributed by atoms with E-state index in [2.05, 4.69) is 5.32 Å². The molecular formula is C28H28ClN3O4S. The van der Waals surface area contributed by atoms with Crippen LogP contribution < -0.4 is 14.8 Å². The molecule has 2 amide bonds. The number of halogens is 1. The molecule has 1 saturated heterocycles. The molecule has 7 nitrogen and oxygen atoms in total. The maximum atomic E-state index is 13.3. The second-order valence-electron chi connectivity index (χ2n) is 8.28. The van der Waals surface area contributed by atoms with Crippen LogP contribution in [0.1, 0.15) is 18.9 Å². The molecule has 1 aliphatic rings. The highest BCUT2D eigenvalue weighted by Crippen LogP contribution is 2.31. The summed E-state index contributed by atoms with van der Waals surface area (Å²) in [6.45, 7) is 2.86. The van der Waals surface area contributed by atoms with E-state index in [0.29, 0.717) is 46.9 Å². The van der Waals surface area contributed by atoms with Crippen molar-refractivity contribution in [2.45, 2.75) is 25.0 Å². The van der Waals surface area contributed by atoms with E-state index in [1.807, 2.05) is 49.4 Å². The molecule has 1 fully saturated rings. The Morgan fingerprint density at radius 3 is 2.62 bits per heavy atom. The van der Waals surface area contributed by atoms with E-state index in [1.54, 1.807) is 42.3 Å². The van der Waals surface area contributed by atoms with Crippen molar-refractivity contribution in [1.82, 2.24) is 4.90 Å². The lowest BCUT2D eigenvalue weighted by molar-refractivity contribution is -0.129. The number of aliphatic imine (C=N–C) groups is 1. The van der Waals surface area contributed by atoms with Gasteiger partial charge in [-0.25, -0.2) is 4.99 Å². The van der Waals surface area contributed by atoms with E-state index in [9.17, 15) is 9.59 Å². The molecule has 0 aromatic heterocycles. The first-order valence-corrected chi connectivity index (χ1v) is 13.2. The standard InChI is InChI=1S/C28H28ClN3O4S/c1-3-36-24-9-5-8-22(17-24)30-27(34)25-18-26(33)32(15-14-19-10-12-23(35-2)13-11-19)28(37-25)31-21-7-4-6-20(29)16-21/h4-13,16-17,25H,3,14-15,18H2,1-2H3,(H,30,34). The largest absolute Gasteiger partial charge is 0.497 e. The summed E-state index contributed by atoms with van der Waals surface area (Å²) >= 11 is 7.43. The van der Waals surface area contributed by atoms with Crippen LogP contribution in [-0.2, 0) is 16.0 Å². The van der Waals surface area contributed by atoms with E-state index in [1.165, 1.54) is 11.8 Å². The second-order valence-corrected chi connectivity index (χ2v) is 9.88. The Morgan fingerprint density at radius 1 is 1.11 bits per heavy atom. The Morgan fingerprint density at radius 2 is 1.89 bits per heavy atom. The second kappa shape index (κ2) is 12.7. The van der Waals surface area contributed by atoms with Gasteiger partial charge in [-0.15, -0.1) is 0 Å². The molecule has 0 spiro atoms. The Bertz CT molecular complexity index is 1280. The zero-order valence-electron chi connectivity index (χ0n) is 20.6. The van der Waals surface area contributed by atoms with Crippen LogP contribution in [0.4, 0.5) is 11.4 Å². The van der Waals surface area contributed by atoms with Crippen LogP contribution in [0.15, 0.2) is 77.8 Å². The zero-order chi connectivity index (χ0) is 26.2. The van der Waals surface area contributed by atoms with Crippen LogP contribution in [0.25, 0.3) is 0 Å². The molecule has 37 heavy (non-hydrogen) atoms. The fourth-order valence-corrected chi connectivity index (χ4v) is 5.11. The van der Waals surface area contributed by atoms with Gasteiger partial charge in [0.2, 0.25) is 11.8 Å². The first kappa shape index (κ1) is 26.6. The highest BCUT2D eigenvalue weighted by molar-refractivity contribution is 8.15. The van der Waals surface area contributed by atoms with Gasteiger partial charge in [-0.1, -0.05) is 47.6 Å². The van der Waals surface area contributed by atoms with Crippen molar-refractivity contribution in [1.29, 1.82) is 0 Å². The summed E-state index contributed by atoms with van der Waals surface area (Å²) in [5, 5.41) is 3.29. The van der Waals surface area contributed by atoms with Gasteiger partial charge in [-0.3, -0.25) is 14.5 Å². The summed E-state index contributed by atoms with van der Waals surface area (Å²) in [6.07, 6.45) is 0.699. The fourth-order valence-electron chi connectivity index (χ4n) is 3.80. The van der Waals surface area contributed by atoms with Gasteiger partial charge in [-0.2, -0.15) is 0 Å². The van der Waals surface area contributed by atoms with Crippen molar-refractivity contribution < 1.29 is 19.1 Å². The molecule has 0 aliphatic carbocycles. The van der Waals surface area contributed by atoms with Crippen LogP contribution in [0, 0.1) is 0 Å². The summed E-state index contributed by atoms with van der Waals surface area (Å²) in [6, 6.07) is 22.0. The summed E-state index contributed by atoms with van der Waals surface area (Å²) in [7, 11) is 1.62. The third-order valence-corrected chi connectivity index (χ3v) is 7.08. The summed E-state index contributed by atoms with van der Waals surface area (Å²) in [4.78, 5) is 32.8. The number of hydrogen-bond donors (Lipinski definition) is 1. The maximum Gasteiger partial charge on any atom is 0.238 e. The normalized spacial score (nSPS) is 16.5. The number of hydrogen-bond acceptors (Lipinski definition) is 6. The predicted octanol–water partition coefficient (Wildman–Crippen LogP) is 5.95. The summed E-state index contributed by atoms with van der Waals surface area (Å²) < 4.78 is 10.7. The van der Waals surface area contributed by atoms with Gasteiger partial charge in [0.25, 0.3) is 0 Å². The molecule has 0 radical (unpaired) electrons. The number of benzene rings is 3. The van der Waals surface area contributed by atoms with Crippen molar-refractivity contribution in [2.75, 3.05) is 25.6 Å². The van der Waals surface area contributed by atoms with Gasteiger partial charge < -0.3 is 14.8 Å². The van der Waals surface area contributed by atoms with E-state index in [-0.39, 0.29) is 18.2 Å². The minimum absolute atomic E-state index is 0.0683. The molecule has 1 heterocycles. The summed E-state index contributed by atoms with van der Waals surface area (Å²) in [5.74, 6) is 1.02. The number of methoxy groups -OCH3 is 1. The van der Waals surface area contributed by atoms with E-state index >= 15 is 0 Å². The van der Waals surface area contributed by atoms with Crippen molar-refractivity contribution in [3.63, 3.8) is 0 Å². The molecule has 1 atom stereocenters. The van der Waals surface area contributed by atoms with Gasteiger partial charge in [0.05, 0.1) is 19.4 Å². The molecule has 3 aromatic rings. The average molecular weight is 538 g/mol. The molecule has 192 valence electrons. The van der Waals surface area contributed by atoms with Gasteiger partial charge >= 0.3 is 0 Å². The number of thioether (sulfide) groups is 1. The SMILES string of the molecule is CCOc1cccc(NC(=O)C2CC(=O)N(CCc3ccc(OC)cc3)C(=Nc3cccc(Cl)c3)S2)c1. The first-order chi connectivity index (χ1) is 17.9. The van der Waals surface area contributed by atoms with Crippen molar-refractivity contribution in [2.24, 2.45) is 4.99 Å². The summed E-state index contributed by atoms with van der Waals surface area (Å²) in [5.41, 5.74) is 2.29. The molecule has 3 aromatic carbocycles. The van der Waals surface area contributed by atoms with Crippen LogP contribution >= 0.6 is 23.4 Å². The van der Waals surface area contributed by atoms with Crippen LogP contribution in [0.5, 0.6) is 11.5 Å². The van der Waals surface area contributed by atoms with E-state index in [4.69, 9.17) is 26.1 Å².